The summed E-state index contributed by atoms with van der Waals surface area (Å²) in [7, 11) is 0. The summed E-state index contributed by atoms with van der Waals surface area (Å²) in [5.41, 5.74) is 18.0. The maximum absolute atomic E-state index is 6.38. The zero-order chi connectivity index (χ0) is 41.0. The molecule has 0 fully saturated rings. The van der Waals surface area contributed by atoms with E-state index in [4.69, 9.17) is 14.4 Å². The fourth-order valence-electron chi connectivity index (χ4n) is 9.83. The minimum Gasteiger partial charge on any atom is -0.455 e. The van der Waals surface area contributed by atoms with E-state index in [2.05, 4.69) is 212 Å². The van der Waals surface area contributed by atoms with Gasteiger partial charge in [0.25, 0.3) is 0 Å². The molecule has 1 aliphatic rings. The second-order valence-corrected chi connectivity index (χ2v) is 16.0. The van der Waals surface area contributed by atoms with Crippen molar-refractivity contribution in [2.45, 2.75) is 5.41 Å². The van der Waals surface area contributed by atoms with Gasteiger partial charge in [0.2, 0.25) is 0 Å². The van der Waals surface area contributed by atoms with Crippen molar-refractivity contribution >= 4 is 21.9 Å². The Bertz CT molecular complexity index is 3400. The maximum Gasteiger partial charge on any atom is 0.160 e. The van der Waals surface area contributed by atoms with Crippen LogP contribution in [0.2, 0.25) is 0 Å². The molecule has 62 heavy (non-hydrogen) atoms. The average Bonchev–Trinajstić information content (AvgIpc) is 3.89. The first-order valence-electron chi connectivity index (χ1n) is 21.1. The number of hydrogen-bond acceptors (Lipinski definition) is 3. The van der Waals surface area contributed by atoms with Crippen LogP contribution < -0.4 is 0 Å². The summed E-state index contributed by atoms with van der Waals surface area (Å²) in [5.74, 6) is 0.689. The van der Waals surface area contributed by atoms with Crippen molar-refractivity contribution in [3.8, 4) is 67.3 Å². The standard InChI is InChI=1S/C59H38N2O/c1-4-17-41(18-5-1)58-60-53(43-20-14-19-42(37-43)39-33-35-40(36-34-39)46-27-15-28-48-47-25-11-13-32-55(47)62-57(46)48)38-54(61-58)50-29-16-31-52-56(50)49-26-10-12-30-51(49)59(52,44-21-6-2-7-22-44)45-23-8-3-9-24-45/h1-38H. The van der Waals surface area contributed by atoms with Crippen molar-refractivity contribution in [3.63, 3.8) is 0 Å². The van der Waals surface area contributed by atoms with Gasteiger partial charge >= 0.3 is 0 Å². The molecule has 9 aromatic carbocycles. The number of benzene rings is 9. The Morgan fingerprint density at radius 2 is 0.887 bits per heavy atom. The molecule has 0 spiro atoms. The van der Waals surface area contributed by atoms with Crippen molar-refractivity contribution in [1.29, 1.82) is 0 Å². The molecule has 0 radical (unpaired) electrons. The Balaban J connectivity index is 0.997. The maximum atomic E-state index is 6.38. The van der Waals surface area contributed by atoms with Gasteiger partial charge in [-0.2, -0.15) is 0 Å². The fraction of sp³-hybridized carbons (Fsp3) is 0.0169. The van der Waals surface area contributed by atoms with Crippen molar-refractivity contribution in [1.82, 2.24) is 9.97 Å². The molecule has 0 aliphatic heterocycles. The van der Waals surface area contributed by atoms with Gasteiger partial charge in [0.1, 0.15) is 11.2 Å². The van der Waals surface area contributed by atoms with E-state index in [-0.39, 0.29) is 0 Å². The number of rotatable bonds is 7. The molecular formula is C59H38N2O. The van der Waals surface area contributed by atoms with Crippen molar-refractivity contribution in [3.05, 3.63) is 253 Å². The molecule has 0 saturated heterocycles. The van der Waals surface area contributed by atoms with Gasteiger partial charge in [-0.25, -0.2) is 9.97 Å². The summed E-state index contributed by atoms with van der Waals surface area (Å²) < 4.78 is 6.38. The van der Waals surface area contributed by atoms with E-state index in [0.29, 0.717) is 5.82 Å². The highest BCUT2D eigenvalue weighted by Crippen LogP contribution is 2.58. The number of nitrogens with zero attached hydrogens (tertiary/aromatic N) is 2. The molecule has 12 rings (SSSR count). The molecule has 2 heterocycles. The third-order valence-corrected chi connectivity index (χ3v) is 12.6. The quantitative estimate of drug-likeness (QED) is 0.161. The molecule has 0 amide bonds. The fourth-order valence-corrected chi connectivity index (χ4v) is 9.83. The number of hydrogen-bond donors (Lipinski definition) is 0. The Morgan fingerprint density at radius 3 is 1.68 bits per heavy atom. The van der Waals surface area contributed by atoms with Gasteiger partial charge in [0.05, 0.1) is 16.8 Å². The highest BCUT2D eigenvalue weighted by molar-refractivity contribution is 6.09. The number of para-hydroxylation sites is 2. The van der Waals surface area contributed by atoms with E-state index in [9.17, 15) is 0 Å². The first kappa shape index (κ1) is 35.8. The van der Waals surface area contributed by atoms with Crippen molar-refractivity contribution in [2.75, 3.05) is 0 Å². The third-order valence-electron chi connectivity index (χ3n) is 12.6. The number of furan rings is 1. The van der Waals surface area contributed by atoms with Crippen LogP contribution in [0, 0.1) is 0 Å². The molecule has 0 unspecified atom stereocenters. The molecule has 11 aromatic rings. The minimum atomic E-state index is -0.509. The van der Waals surface area contributed by atoms with Crippen LogP contribution in [0.15, 0.2) is 235 Å². The van der Waals surface area contributed by atoms with Gasteiger partial charge in [0.15, 0.2) is 5.82 Å². The van der Waals surface area contributed by atoms with Crippen LogP contribution in [0.3, 0.4) is 0 Å². The van der Waals surface area contributed by atoms with Gasteiger partial charge < -0.3 is 4.42 Å². The summed E-state index contributed by atoms with van der Waals surface area (Å²) in [5, 5.41) is 2.26. The number of fused-ring (bicyclic) bond motifs is 6. The van der Waals surface area contributed by atoms with E-state index in [1.165, 1.54) is 33.4 Å². The van der Waals surface area contributed by atoms with E-state index in [0.717, 1.165) is 72.3 Å². The number of aromatic nitrogens is 2. The van der Waals surface area contributed by atoms with Gasteiger partial charge in [-0.05, 0) is 68.3 Å². The van der Waals surface area contributed by atoms with Crippen LogP contribution in [0.1, 0.15) is 22.3 Å². The van der Waals surface area contributed by atoms with Crippen molar-refractivity contribution < 1.29 is 4.42 Å². The first-order chi connectivity index (χ1) is 30.7. The zero-order valence-corrected chi connectivity index (χ0v) is 33.7. The van der Waals surface area contributed by atoms with E-state index >= 15 is 0 Å². The minimum absolute atomic E-state index is 0.509. The summed E-state index contributed by atoms with van der Waals surface area (Å²) in [6, 6.07) is 82.1. The summed E-state index contributed by atoms with van der Waals surface area (Å²) in [6.07, 6.45) is 0. The highest BCUT2D eigenvalue weighted by Gasteiger charge is 2.46. The predicted octanol–water partition coefficient (Wildman–Crippen LogP) is 15.1. The van der Waals surface area contributed by atoms with Crippen molar-refractivity contribution in [2.24, 2.45) is 0 Å². The van der Waals surface area contributed by atoms with Gasteiger partial charge in [-0.1, -0.05) is 212 Å². The summed E-state index contributed by atoms with van der Waals surface area (Å²) >= 11 is 0. The second kappa shape index (κ2) is 14.5. The molecule has 0 bridgehead atoms. The van der Waals surface area contributed by atoms with Crippen LogP contribution in [-0.2, 0) is 5.41 Å². The third kappa shape index (κ3) is 5.67. The van der Waals surface area contributed by atoms with Gasteiger partial charge in [0, 0.05) is 33.0 Å². The zero-order valence-electron chi connectivity index (χ0n) is 33.7. The summed E-state index contributed by atoms with van der Waals surface area (Å²) in [4.78, 5) is 10.7. The predicted molar refractivity (Wildman–Crippen MR) is 254 cm³/mol. The smallest absolute Gasteiger partial charge is 0.160 e. The normalized spacial score (nSPS) is 12.6. The van der Waals surface area contributed by atoms with E-state index < -0.39 is 5.41 Å². The van der Waals surface area contributed by atoms with E-state index in [1.807, 2.05) is 18.2 Å². The molecule has 2 aromatic heterocycles. The van der Waals surface area contributed by atoms with Crippen LogP contribution in [0.4, 0.5) is 0 Å². The average molecular weight is 791 g/mol. The Hall–Kier alpha value is -8.14. The monoisotopic (exact) mass is 790 g/mol. The molecule has 0 N–H and O–H groups in total. The van der Waals surface area contributed by atoms with Gasteiger partial charge in [-0.15, -0.1) is 0 Å². The first-order valence-corrected chi connectivity index (χ1v) is 21.1. The Morgan fingerprint density at radius 1 is 0.339 bits per heavy atom. The molecule has 290 valence electrons. The Labute approximate surface area is 360 Å². The highest BCUT2D eigenvalue weighted by atomic mass is 16.3. The lowest BCUT2D eigenvalue weighted by atomic mass is 9.67. The lowest BCUT2D eigenvalue weighted by Crippen LogP contribution is -2.28. The molecule has 0 saturated carbocycles. The van der Waals surface area contributed by atoms with Crippen LogP contribution in [0.5, 0.6) is 0 Å². The second-order valence-electron chi connectivity index (χ2n) is 16.0. The lowest BCUT2D eigenvalue weighted by molar-refractivity contribution is 0.670. The SMILES string of the molecule is c1ccc(-c2nc(-c3cccc(-c4ccc(-c5cccc6c5oc5ccccc56)cc4)c3)cc(-c3cccc4c3-c3ccccc3C4(c3ccccc3)c3ccccc3)n2)cc1. The molecule has 3 nitrogen and oxygen atoms in total. The molecule has 3 heteroatoms. The molecule has 0 atom stereocenters. The molecule has 1 aliphatic carbocycles. The van der Waals surface area contributed by atoms with Crippen LogP contribution in [-0.4, -0.2) is 9.97 Å². The topological polar surface area (TPSA) is 38.9 Å². The Kier molecular flexibility index (Phi) is 8.39. The molecular weight excluding hydrogens is 753 g/mol. The van der Waals surface area contributed by atoms with Gasteiger partial charge in [-0.3, -0.25) is 0 Å². The van der Waals surface area contributed by atoms with Crippen LogP contribution >= 0.6 is 0 Å². The van der Waals surface area contributed by atoms with Crippen LogP contribution in [0.25, 0.3) is 89.2 Å². The lowest BCUT2D eigenvalue weighted by Gasteiger charge is -2.33. The largest absolute Gasteiger partial charge is 0.455 e. The summed E-state index contributed by atoms with van der Waals surface area (Å²) in [6.45, 7) is 0. The van der Waals surface area contributed by atoms with E-state index in [1.54, 1.807) is 0 Å².